The molecular weight excluding hydrogens is 394 g/mol. The van der Waals surface area contributed by atoms with Gasteiger partial charge in [0.15, 0.2) is 0 Å². The van der Waals surface area contributed by atoms with Crippen LogP contribution in [-0.4, -0.2) is 27.3 Å². The minimum Gasteiger partial charge on any atom is -0.867 e. The van der Waals surface area contributed by atoms with Crippen molar-refractivity contribution in [2.45, 2.75) is 25.7 Å². The van der Waals surface area contributed by atoms with Crippen LogP contribution in [0.2, 0.25) is 0 Å². The van der Waals surface area contributed by atoms with Gasteiger partial charge >= 0.3 is 0 Å². The highest BCUT2D eigenvalue weighted by Crippen LogP contribution is 2.40. The van der Waals surface area contributed by atoms with E-state index in [1.807, 2.05) is 0 Å². The molecule has 1 heterocycles. The van der Waals surface area contributed by atoms with E-state index in [4.69, 9.17) is 4.42 Å². The van der Waals surface area contributed by atoms with Crippen LogP contribution in [0.25, 0.3) is 11.0 Å². The summed E-state index contributed by atoms with van der Waals surface area (Å²) in [7, 11) is 0. The fourth-order valence-electron chi connectivity index (χ4n) is 3.61. The van der Waals surface area contributed by atoms with Crippen LogP contribution in [0.1, 0.15) is 40.1 Å². The maximum absolute atomic E-state index is 12.7. The van der Waals surface area contributed by atoms with Crippen LogP contribution in [0.15, 0.2) is 33.8 Å². The van der Waals surface area contributed by atoms with Crippen LogP contribution in [-0.2, 0) is 12.8 Å². The Bertz CT molecular complexity index is 1210. The zero-order valence-electron chi connectivity index (χ0n) is 15.5. The quantitative estimate of drug-likeness (QED) is 0.338. The van der Waals surface area contributed by atoms with Gasteiger partial charge in [-0.3, -0.25) is 14.9 Å². The van der Waals surface area contributed by atoms with Gasteiger partial charge in [-0.25, -0.2) is 5.43 Å². The Balaban J connectivity index is 1.73. The van der Waals surface area contributed by atoms with Crippen LogP contribution in [0.4, 0.5) is 5.69 Å². The molecule has 0 saturated carbocycles. The number of phenols is 2. The predicted molar refractivity (Wildman–Crippen MR) is 104 cm³/mol. The zero-order valence-corrected chi connectivity index (χ0v) is 15.5. The van der Waals surface area contributed by atoms with Crippen LogP contribution in [0.5, 0.6) is 17.2 Å². The number of nitrogens with zero attached hydrogens (tertiary/aromatic N) is 2. The van der Waals surface area contributed by atoms with Crippen molar-refractivity contribution in [1.82, 2.24) is 5.43 Å². The molecule has 3 aromatic rings. The molecule has 0 bridgehead atoms. The van der Waals surface area contributed by atoms with Crippen LogP contribution in [0, 0.1) is 10.1 Å². The molecule has 10 nitrogen and oxygen atoms in total. The summed E-state index contributed by atoms with van der Waals surface area (Å²) in [6, 6.07) is 4.54. The highest BCUT2D eigenvalue weighted by atomic mass is 16.6. The lowest BCUT2D eigenvalue weighted by Crippen LogP contribution is -2.18. The molecule has 30 heavy (non-hydrogen) atoms. The molecular formula is C20H16N3O7-. The molecule has 0 radical (unpaired) electrons. The van der Waals surface area contributed by atoms with Crippen molar-refractivity contribution in [3.05, 3.63) is 56.8 Å². The monoisotopic (exact) mass is 410 g/mol. The first kappa shape index (κ1) is 19.2. The summed E-state index contributed by atoms with van der Waals surface area (Å²) in [5.74, 6) is -1.58. The molecule has 2 aromatic carbocycles. The number of furan rings is 1. The van der Waals surface area contributed by atoms with Gasteiger partial charge in [-0.2, -0.15) is 5.10 Å². The number of nitro groups is 1. The Labute approximate surface area is 169 Å². The van der Waals surface area contributed by atoms with E-state index in [1.165, 1.54) is 12.1 Å². The van der Waals surface area contributed by atoms with E-state index in [0.29, 0.717) is 24.0 Å². The number of nitrogens with one attached hydrogen (secondary N) is 1. The van der Waals surface area contributed by atoms with E-state index in [0.717, 1.165) is 36.8 Å². The molecule has 0 saturated heterocycles. The van der Waals surface area contributed by atoms with Crippen molar-refractivity contribution in [1.29, 1.82) is 0 Å². The molecule has 1 aromatic heterocycles. The number of carbonyl (C=O) groups is 1. The van der Waals surface area contributed by atoms with Gasteiger partial charge in [0.25, 0.3) is 11.6 Å². The predicted octanol–water partition coefficient (Wildman–Crippen LogP) is 2.47. The molecule has 1 amide bonds. The molecule has 0 spiro atoms. The summed E-state index contributed by atoms with van der Waals surface area (Å²) in [6.07, 6.45) is 4.24. The van der Waals surface area contributed by atoms with Crippen molar-refractivity contribution in [3.63, 3.8) is 0 Å². The second-order valence-corrected chi connectivity index (χ2v) is 6.88. The maximum atomic E-state index is 12.7. The van der Waals surface area contributed by atoms with Gasteiger partial charge in [-0.15, -0.1) is 0 Å². The number of carbonyl (C=O) groups excluding carboxylic acids is 1. The van der Waals surface area contributed by atoms with Gasteiger partial charge in [0.2, 0.25) is 0 Å². The zero-order chi connectivity index (χ0) is 21.4. The number of fused-ring (bicyclic) bond motifs is 3. The van der Waals surface area contributed by atoms with E-state index < -0.39 is 28.0 Å². The molecule has 0 atom stereocenters. The third-order valence-electron chi connectivity index (χ3n) is 5.00. The number of phenolic OH excluding ortho intramolecular Hbond substituents is 2. The summed E-state index contributed by atoms with van der Waals surface area (Å²) >= 11 is 0. The van der Waals surface area contributed by atoms with Crippen LogP contribution in [0.3, 0.4) is 0 Å². The number of rotatable bonds is 4. The number of aryl methyl sites for hydroxylation is 2. The Morgan fingerprint density at radius 2 is 2.00 bits per heavy atom. The van der Waals surface area contributed by atoms with Gasteiger partial charge < -0.3 is 19.7 Å². The first-order valence-electron chi connectivity index (χ1n) is 9.15. The number of amides is 1. The van der Waals surface area contributed by atoms with Crippen molar-refractivity contribution in [3.8, 4) is 17.2 Å². The van der Waals surface area contributed by atoms with E-state index >= 15 is 0 Å². The molecule has 10 heteroatoms. The standard InChI is InChI=1S/C20H17N3O7/c24-10-5-6-11(15(25)7-10)20(27)22-21-9-13-18-12-3-1-2-4-16(12)30-17(18)8-14(19(13)26)23(28)29/h5-9,24-26H,1-4H2,(H,22,27)/p-1/b21-9+. The summed E-state index contributed by atoms with van der Waals surface area (Å²) in [6.45, 7) is 0. The number of hydrazone groups is 1. The lowest BCUT2D eigenvalue weighted by Gasteiger charge is -2.14. The van der Waals surface area contributed by atoms with Gasteiger partial charge in [0.05, 0.1) is 22.8 Å². The third kappa shape index (κ3) is 3.28. The topological polar surface area (TPSA) is 161 Å². The maximum Gasteiger partial charge on any atom is 0.275 e. The highest BCUT2D eigenvalue weighted by Gasteiger charge is 2.24. The second kappa shape index (κ2) is 7.39. The number of nitro benzene ring substituents is 1. The van der Waals surface area contributed by atoms with Crippen molar-refractivity contribution >= 4 is 28.8 Å². The number of hydrogen-bond acceptors (Lipinski definition) is 8. The van der Waals surface area contributed by atoms with Crippen molar-refractivity contribution < 1.29 is 29.5 Å². The Hall–Kier alpha value is -4.08. The van der Waals surface area contributed by atoms with Crippen LogP contribution < -0.4 is 10.5 Å². The van der Waals surface area contributed by atoms with E-state index in [9.17, 15) is 30.2 Å². The fourth-order valence-corrected chi connectivity index (χ4v) is 3.61. The van der Waals surface area contributed by atoms with E-state index in [2.05, 4.69) is 10.5 Å². The number of aromatic hydroxyl groups is 2. The minimum absolute atomic E-state index is 0.0404. The van der Waals surface area contributed by atoms with Gasteiger partial charge in [-0.05, 0) is 37.1 Å². The summed E-state index contributed by atoms with van der Waals surface area (Å²) in [4.78, 5) is 22.7. The minimum atomic E-state index is -0.827. The first-order valence-corrected chi connectivity index (χ1v) is 9.15. The average Bonchev–Trinajstić information content (AvgIpc) is 3.07. The Kier molecular flexibility index (Phi) is 4.74. The average molecular weight is 410 g/mol. The van der Waals surface area contributed by atoms with Gasteiger partial charge in [-0.1, -0.05) is 0 Å². The molecule has 1 aliphatic rings. The number of hydrogen-bond donors (Lipinski definition) is 3. The normalized spacial score (nSPS) is 13.5. The molecule has 1 aliphatic carbocycles. The fraction of sp³-hybridized carbons (Fsp3) is 0.200. The Morgan fingerprint density at radius 3 is 2.73 bits per heavy atom. The van der Waals surface area contributed by atoms with Crippen LogP contribution >= 0.6 is 0 Å². The molecule has 0 unspecified atom stereocenters. The van der Waals surface area contributed by atoms with Crippen molar-refractivity contribution in [2.24, 2.45) is 5.10 Å². The molecule has 154 valence electrons. The van der Waals surface area contributed by atoms with Gasteiger partial charge in [0.1, 0.15) is 22.8 Å². The molecule has 0 aliphatic heterocycles. The second-order valence-electron chi connectivity index (χ2n) is 6.88. The largest absolute Gasteiger partial charge is 0.867 e. The molecule has 0 fully saturated rings. The van der Waals surface area contributed by atoms with E-state index in [1.54, 1.807) is 0 Å². The smallest absolute Gasteiger partial charge is 0.275 e. The lowest BCUT2D eigenvalue weighted by atomic mass is 9.93. The number of benzene rings is 2. The lowest BCUT2D eigenvalue weighted by molar-refractivity contribution is -0.398. The Morgan fingerprint density at radius 1 is 1.23 bits per heavy atom. The van der Waals surface area contributed by atoms with Crippen molar-refractivity contribution in [2.75, 3.05) is 0 Å². The first-order chi connectivity index (χ1) is 14.4. The highest BCUT2D eigenvalue weighted by molar-refractivity contribution is 6.05. The third-order valence-corrected chi connectivity index (χ3v) is 5.00. The molecule has 3 N–H and O–H groups in total. The summed E-state index contributed by atoms with van der Waals surface area (Å²) in [5.41, 5.74) is 2.41. The summed E-state index contributed by atoms with van der Waals surface area (Å²) in [5, 5.41) is 47.3. The SMILES string of the molecule is O=C(N/N=C/c1c([O-])c([N+](=O)[O-])cc2oc3c(c12)CCCC3)c1ccc(O)cc1O. The molecule has 4 rings (SSSR count). The van der Waals surface area contributed by atoms with E-state index in [-0.39, 0.29) is 22.5 Å². The van der Waals surface area contributed by atoms with Gasteiger partial charge in [0, 0.05) is 29.0 Å². The summed E-state index contributed by atoms with van der Waals surface area (Å²) < 4.78 is 5.75.